The number of ether oxygens (including phenoxy) is 1. The smallest absolute Gasteiger partial charge is 0.0734 e. The Balaban J connectivity index is 1.60. The van der Waals surface area contributed by atoms with E-state index < -0.39 is 0 Å². The number of aromatic nitrogens is 1. The van der Waals surface area contributed by atoms with Gasteiger partial charge in [0, 0.05) is 24.2 Å². The summed E-state index contributed by atoms with van der Waals surface area (Å²) in [5.74, 6) is 0. The Kier molecular flexibility index (Phi) is 4.22. The molecule has 1 fully saturated rings. The standard InChI is InChI=1S/C18H24N2O/c1-18(2)13-16(9-12-21-18)19-11-8-15-6-3-5-14-7-4-10-20-17(14)15/h3-7,10,16,19H,8-9,11-13H2,1-2H3. The summed E-state index contributed by atoms with van der Waals surface area (Å²) in [4.78, 5) is 4.52. The quantitative estimate of drug-likeness (QED) is 0.935. The van der Waals surface area contributed by atoms with Crippen LogP contribution in [0.1, 0.15) is 32.3 Å². The molecule has 0 amide bonds. The molecule has 0 saturated carbocycles. The van der Waals surface area contributed by atoms with E-state index in [2.05, 4.69) is 48.4 Å². The SMILES string of the molecule is CC1(C)CC(NCCc2cccc3cccnc23)CCO1. The summed E-state index contributed by atoms with van der Waals surface area (Å²) in [5.41, 5.74) is 2.47. The Morgan fingerprint density at radius 2 is 2.14 bits per heavy atom. The van der Waals surface area contributed by atoms with E-state index >= 15 is 0 Å². The predicted octanol–water partition coefficient (Wildman–Crippen LogP) is 3.32. The van der Waals surface area contributed by atoms with Crippen LogP contribution in [0.25, 0.3) is 10.9 Å². The highest BCUT2D eigenvalue weighted by Gasteiger charge is 2.28. The second kappa shape index (κ2) is 6.12. The Labute approximate surface area is 126 Å². The van der Waals surface area contributed by atoms with Crippen molar-refractivity contribution >= 4 is 10.9 Å². The summed E-state index contributed by atoms with van der Waals surface area (Å²) in [6, 6.07) is 11.1. The van der Waals surface area contributed by atoms with Gasteiger partial charge < -0.3 is 10.1 Å². The summed E-state index contributed by atoms with van der Waals surface area (Å²) in [6.07, 6.45) is 5.09. The molecule has 3 heteroatoms. The van der Waals surface area contributed by atoms with Crippen LogP contribution >= 0.6 is 0 Å². The maximum Gasteiger partial charge on any atom is 0.0734 e. The van der Waals surface area contributed by atoms with Crippen LogP contribution in [0.15, 0.2) is 36.5 Å². The lowest BCUT2D eigenvalue weighted by Gasteiger charge is -2.36. The van der Waals surface area contributed by atoms with E-state index in [-0.39, 0.29) is 5.60 Å². The van der Waals surface area contributed by atoms with Crippen molar-refractivity contribution < 1.29 is 4.74 Å². The van der Waals surface area contributed by atoms with E-state index in [0.29, 0.717) is 6.04 Å². The summed E-state index contributed by atoms with van der Waals surface area (Å²) in [7, 11) is 0. The molecule has 0 bridgehead atoms. The zero-order chi connectivity index (χ0) is 14.7. The number of fused-ring (bicyclic) bond motifs is 1. The molecule has 0 radical (unpaired) electrons. The van der Waals surface area contributed by atoms with Crippen molar-refractivity contribution in [3.63, 3.8) is 0 Å². The molecule has 21 heavy (non-hydrogen) atoms. The number of para-hydroxylation sites is 1. The van der Waals surface area contributed by atoms with E-state index in [1.807, 2.05) is 12.3 Å². The highest BCUT2D eigenvalue weighted by Crippen LogP contribution is 2.24. The van der Waals surface area contributed by atoms with E-state index in [1.165, 1.54) is 10.9 Å². The topological polar surface area (TPSA) is 34.2 Å². The van der Waals surface area contributed by atoms with Crippen LogP contribution in [0.4, 0.5) is 0 Å². The van der Waals surface area contributed by atoms with Crippen LogP contribution < -0.4 is 5.32 Å². The first-order valence-electron chi connectivity index (χ1n) is 7.84. The van der Waals surface area contributed by atoms with E-state index in [1.54, 1.807) is 0 Å². The molecule has 1 atom stereocenters. The molecule has 3 nitrogen and oxygen atoms in total. The number of pyridine rings is 1. The van der Waals surface area contributed by atoms with Crippen LogP contribution in [0.5, 0.6) is 0 Å². The molecule has 1 aliphatic heterocycles. The van der Waals surface area contributed by atoms with Gasteiger partial charge in [0.1, 0.15) is 0 Å². The van der Waals surface area contributed by atoms with Crippen molar-refractivity contribution in [2.24, 2.45) is 0 Å². The van der Waals surface area contributed by atoms with Crippen LogP contribution in [-0.4, -0.2) is 29.8 Å². The van der Waals surface area contributed by atoms with E-state index in [0.717, 1.165) is 37.9 Å². The molecule has 0 aliphatic carbocycles. The number of benzene rings is 1. The second-order valence-corrected chi connectivity index (χ2v) is 6.49. The molecule has 0 spiro atoms. The minimum Gasteiger partial charge on any atom is -0.375 e. The van der Waals surface area contributed by atoms with Gasteiger partial charge in [0.15, 0.2) is 0 Å². The fourth-order valence-corrected chi connectivity index (χ4v) is 3.19. The molecule has 2 aromatic rings. The van der Waals surface area contributed by atoms with Crippen molar-refractivity contribution in [2.75, 3.05) is 13.2 Å². The van der Waals surface area contributed by atoms with Gasteiger partial charge in [-0.05, 0) is 51.3 Å². The lowest BCUT2D eigenvalue weighted by Crippen LogP contribution is -2.44. The summed E-state index contributed by atoms with van der Waals surface area (Å²) in [5, 5.41) is 4.91. The lowest BCUT2D eigenvalue weighted by atomic mass is 9.94. The molecule has 1 unspecified atom stereocenters. The van der Waals surface area contributed by atoms with Crippen molar-refractivity contribution in [1.29, 1.82) is 0 Å². The fraction of sp³-hybridized carbons (Fsp3) is 0.500. The number of hydrogen-bond acceptors (Lipinski definition) is 3. The third-order valence-corrected chi connectivity index (χ3v) is 4.24. The van der Waals surface area contributed by atoms with Crippen LogP contribution in [0.2, 0.25) is 0 Å². The Morgan fingerprint density at radius 1 is 1.29 bits per heavy atom. The fourth-order valence-electron chi connectivity index (χ4n) is 3.19. The van der Waals surface area contributed by atoms with Crippen LogP contribution in [-0.2, 0) is 11.2 Å². The third-order valence-electron chi connectivity index (χ3n) is 4.24. The number of nitrogens with zero attached hydrogens (tertiary/aromatic N) is 1. The highest BCUT2D eigenvalue weighted by atomic mass is 16.5. The van der Waals surface area contributed by atoms with Gasteiger partial charge in [-0.15, -0.1) is 0 Å². The monoisotopic (exact) mass is 284 g/mol. The Morgan fingerprint density at radius 3 is 3.00 bits per heavy atom. The Bertz CT molecular complexity index is 604. The van der Waals surface area contributed by atoms with Gasteiger partial charge in [0.05, 0.1) is 11.1 Å². The number of nitrogens with one attached hydrogen (secondary N) is 1. The molecule has 1 aromatic heterocycles. The predicted molar refractivity (Wildman–Crippen MR) is 86.5 cm³/mol. The van der Waals surface area contributed by atoms with Crippen molar-refractivity contribution in [3.8, 4) is 0 Å². The lowest BCUT2D eigenvalue weighted by molar-refractivity contribution is -0.0627. The van der Waals surface area contributed by atoms with Crippen LogP contribution in [0, 0.1) is 0 Å². The van der Waals surface area contributed by atoms with Gasteiger partial charge >= 0.3 is 0 Å². The summed E-state index contributed by atoms with van der Waals surface area (Å²) >= 11 is 0. The maximum atomic E-state index is 5.77. The van der Waals surface area contributed by atoms with Gasteiger partial charge in [-0.25, -0.2) is 0 Å². The van der Waals surface area contributed by atoms with Gasteiger partial charge in [-0.2, -0.15) is 0 Å². The first kappa shape index (κ1) is 14.5. The van der Waals surface area contributed by atoms with Gasteiger partial charge in [-0.3, -0.25) is 4.98 Å². The molecule has 1 aromatic carbocycles. The van der Waals surface area contributed by atoms with Crippen molar-refractivity contribution in [2.45, 2.75) is 44.8 Å². The largest absolute Gasteiger partial charge is 0.375 e. The van der Waals surface area contributed by atoms with Gasteiger partial charge in [-0.1, -0.05) is 24.3 Å². The average Bonchev–Trinajstić information content (AvgIpc) is 2.46. The molecule has 1 aliphatic rings. The molecule has 112 valence electrons. The van der Waals surface area contributed by atoms with Gasteiger partial charge in [0.2, 0.25) is 0 Å². The van der Waals surface area contributed by atoms with Crippen LogP contribution in [0.3, 0.4) is 0 Å². The number of rotatable bonds is 4. The molecular formula is C18H24N2O. The maximum absolute atomic E-state index is 5.77. The second-order valence-electron chi connectivity index (χ2n) is 6.49. The van der Waals surface area contributed by atoms with Crippen molar-refractivity contribution in [3.05, 3.63) is 42.1 Å². The molecule has 2 heterocycles. The number of hydrogen-bond donors (Lipinski definition) is 1. The normalized spacial score (nSPS) is 21.5. The van der Waals surface area contributed by atoms with E-state index in [9.17, 15) is 0 Å². The molecule has 1 N–H and O–H groups in total. The van der Waals surface area contributed by atoms with Crippen molar-refractivity contribution in [1.82, 2.24) is 10.3 Å². The molecule has 3 rings (SSSR count). The molecular weight excluding hydrogens is 260 g/mol. The Hall–Kier alpha value is -1.45. The van der Waals surface area contributed by atoms with Gasteiger partial charge in [0.25, 0.3) is 0 Å². The minimum absolute atomic E-state index is 0.0108. The first-order valence-corrected chi connectivity index (χ1v) is 7.84. The average molecular weight is 284 g/mol. The summed E-state index contributed by atoms with van der Waals surface area (Å²) in [6.45, 7) is 6.21. The highest BCUT2D eigenvalue weighted by molar-refractivity contribution is 5.81. The first-order chi connectivity index (χ1) is 10.1. The zero-order valence-electron chi connectivity index (χ0n) is 12.9. The zero-order valence-corrected chi connectivity index (χ0v) is 12.9. The summed E-state index contributed by atoms with van der Waals surface area (Å²) < 4.78 is 5.77. The third kappa shape index (κ3) is 3.60. The molecule has 1 saturated heterocycles. The minimum atomic E-state index is 0.0108. The van der Waals surface area contributed by atoms with E-state index in [4.69, 9.17) is 4.74 Å².